The van der Waals surface area contributed by atoms with E-state index in [-0.39, 0.29) is 5.88 Å². The summed E-state index contributed by atoms with van der Waals surface area (Å²) in [5.74, 6) is 1.66. The van der Waals surface area contributed by atoms with Crippen LogP contribution in [-0.4, -0.2) is 38.2 Å². The SMILES string of the molecule is C=C(C)COc1ccc(Br)cc1CN(CC)c1ccc(-c2cc(O)n(C)n2)nn1. The molecule has 2 aromatic heterocycles. The smallest absolute Gasteiger partial charge is 0.209 e. The van der Waals surface area contributed by atoms with Crippen molar-refractivity contribution in [3.05, 3.63) is 58.6 Å². The summed E-state index contributed by atoms with van der Waals surface area (Å²) in [6, 6.07) is 11.3. The van der Waals surface area contributed by atoms with Crippen LogP contribution in [0.15, 0.2) is 53.0 Å². The number of hydrogen-bond donors (Lipinski definition) is 1. The molecule has 0 aliphatic heterocycles. The van der Waals surface area contributed by atoms with E-state index in [2.05, 4.69) is 55.7 Å². The summed E-state index contributed by atoms with van der Waals surface area (Å²) < 4.78 is 8.29. The molecule has 0 bridgehead atoms. The molecule has 0 aliphatic rings. The molecule has 1 N–H and O–H groups in total. The molecule has 2 heterocycles. The van der Waals surface area contributed by atoms with Crippen LogP contribution in [0.4, 0.5) is 5.82 Å². The summed E-state index contributed by atoms with van der Waals surface area (Å²) in [4.78, 5) is 2.11. The normalized spacial score (nSPS) is 10.8. The highest BCUT2D eigenvalue weighted by molar-refractivity contribution is 9.10. The van der Waals surface area contributed by atoms with Gasteiger partial charge < -0.3 is 14.7 Å². The molecule has 0 amide bonds. The van der Waals surface area contributed by atoms with Gasteiger partial charge in [-0.3, -0.25) is 0 Å². The second-order valence-electron chi connectivity index (χ2n) is 6.80. The zero-order valence-electron chi connectivity index (χ0n) is 16.8. The Morgan fingerprint density at radius 1 is 1.21 bits per heavy atom. The topological polar surface area (TPSA) is 76.3 Å². The van der Waals surface area contributed by atoms with Crippen molar-refractivity contribution in [3.8, 4) is 23.0 Å². The number of rotatable bonds is 8. The summed E-state index contributed by atoms with van der Waals surface area (Å²) in [6.45, 7) is 9.76. The maximum atomic E-state index is 9.70. The molecule has 0 atom stereocenters. The lowest BCUT2D eigenvalue weighted by Gasteiger charge is -2.23. The molecule has 8 heteroatoms. The van der Waals surface area contributed by atoms with Crippen LogP contribution in [0.25, 0.3) is 11.4 Å². The fourth-order valence-corrected chi connectivity index (χ4v) is 3.20. The molecule has 3 rings (SSSR count). The Hall–Kier alpha value is -2.87. The summed E-state index contributed by atoms with van der Waals surface area (Å²) in [6.07, 6.45) is 0. The lowest BCUT2D eigenvalue weighted by atomic mass is 10.2. The predicted molar refractivity (Wildman–Crippen MR) is 117 cm³/mol. The van der Waals surface area contributed by atoms with E-state index in [0.717, 1.165) is 33.7 Å². The molecule has 29 heavy (non-hydrogen) atoms. The number of anilines is 1. The molecule has 1 aromatic carbocycles. The van der Waals surface area contributed by atoms with Crippen molar-refractivity contribution >= 4 is 21.7 Å². The number of benzene rings is 1. The minimum Gasteiger partial charge on any atom is -0.493 e. The molecule has 7 nitrogen and oxygen atoms in total. The Bertz CT molecular complexity index is 981. The van der Waals surface area contributed by atoms with Crippen LogP contribution in [-0.2, 0) is 13.6 Å². The zero-order valence-corrected chi connectivity index (χ0v) is 18.3. The van der Waals surface area contributed by atoms with E-state index in [1.165, 1.54) is 4.68 Å². The lowest BCUT2D eigenvalue weighted by Crippen LogP contribution is -2.24. The highest BCUT2D eigenvalue weighted by Crippen LogP contribution is 2.27. The van der Waals surface area contributed by atoms with Crippen molar-refractivity contribution in [2.24, 2.45) is 7.05 Å². The molecule has 0 spiro atoms. The van der Waals surface area contributed by atoms with Gasteiger partial charge in [0.25, 0.3) is 0 Å². The number of aryl methyl sites for hydroxylation is 1. The Morgan fingerprint density at radius 3 is 2.59 bits per heavy atom. The predicted octanol–water partition coefficient (Wildman–Crippen LogP) is 4.33. The fourth-order valence-electron chi connectivity index (χ4n) is 2.79. The van der Waals surface area contributed by atoms with Gasteiger partial charge in [-0.2, -0.15) is 5.10 Å². The van der Waals surface area contributed by atoms with E-state index >= 15 is 0 Å². The van der Waals surface area contributed by atoms with Gasteiger partial charge in [-0.05, 0) is 49.8 Å². The maximum absolute atomic E-state index is 9.70. The van der Waals surface area contributed by atoms with Gasteiger partial charge in [-0.1, -0.05) is 22.5 Å². The first kappa shape index (κ1) is 20.9. The minimum absolute atomic E-state index is 0.0815. The number of ether oxygens (including phenoxy) is 1. The van der Waals surface area contributed by atoms with Gasteiger partial charge >= 0.3 is 0 Å². The van der Waals surface area contributed by atoms with Crippen LogP contribution in [0, 0.1) is 0 Å². The third-order valence-corrected chi connectivity index (χ3v) is 4.82. The highest BCUT2D eigenvalue weighted by atomic mass is 79.9. The van der Waals surface area contributed by atoms with Crippen molar-refractivity contribution in [1.82, 2.24) is 20.0 Å². The largest absolute Gasteiger partial charge is 0.493 e. The van der Waals surface area contributed by atoms with E-state index in [1.54, 1.807) is 13.1 Å². The van der Waals surface area contributed by atoms with Crippen molar-refractivity contribution in [2.75, 3.05) is 18.1 Å². The Labute approximate surface area is 178 Å². The Morgan fingerprint density at radius 2 is 2.00 bits per heavy atom. The zero-order chi connectivity index (χ0) is 21.0. The van der Waals surface area contributed by atoms with E-state index in [4.69, 9.17) is 4.74 Å². The molecular weight excluding hydrogens is 434 g/mol. The van der Waals surface area contributed by atoms with Gasteiger partial charge in [-0.25, -0.2) is 4.68 Å². The van der Waals surface area contributed by atoms with Crippen LogP contribution in [0.5, 0.6) is 11.6 Å². The first-order valence-corrected chi connectivity index (χ1v) is 10.0. The monoisotopic (exact) mass is 457 g/mol. The summed E-state index contributed by atoms with van der Waals surface area (Å²) in [5, 5.41) is 22.6. The second-order valence-corrected chi connectivity index (χ2v) is 7.72. The molecule has 0 aliphatic carbocycles. The van der Waals surface area contributed by atoms with Crippen molar-refractivity contribution in [1.29, 1.82) is 0 Å². The highest BCUT2D eigenvalue weighted by Gasteiger charge is 2.14. The van der Waals surface area contributed by atoms with E-state index in [0.29, 0.717) is 24.5 Å². The Balaban J connectivity index is 1.81. The van der Waals surface area contributed by atoms with Crippen molar-refractivity contribution in [2.45, 2.75) is 20.4 Å². The van der Waals surface area contributed by atoms with Gasteiger partial charge in [0.05, 0.1) is 0 Å². The van der Waals surface area contributed by atoms with E-state index in [9.17, 15) is 5.11 Å². The quantitative estimate of drug-likeness (QED) is 0.507. The molecule has 0 unspecified atom stereocenters. The molecule has 0 saturated carbocycles. The van der Waals surface area contributed by atoms with Gasteiger partial charge in [0.1, 0.15) is 23.7 Å². The molecular formula is C21H24BrN5O2. The maximum Gasteiger partial charge on any atom is 0.209 e. The van der Waals surface area contributed by atoms with Gasteiger partial charge in [-0.15, -0.1) is 10.2 Å². The fraction of sp³-hybridized carbons (Fsp3) is 0.286. The molecule has 0 fully saturated rings. The number of hydrogen-bond acceptors (Lipinski definition) is 6. The summed E-state index contributed by atoms with van der Waals surface area (Å²) >= 11 is 3.54. The second kappa shape index (κ2) is 9.09. The summed E-state index contributed by atoms with van der Waals surface area (Å²) in [5.41, 5.74) is 3.19. The van der Waals surface area contributed by atoms with Gasteiger partial charge in [0.15, 0.2) is 5.82 Å². The third-order valence-electron chi connectivity index (χ3n) is 4.33. The number of aromatic nitrogens is 4. The van der Waals surface area contributed by atoms with Crippen molar-refractivity contribution < 1.29 is 9.84 Å². The Kier molecular flexibility index (Phi) is 6.53. The summed E-state index contributed by atoms with van der Waals surface area (Å²) in [7, 11) is 1.67. The van der Waals surface area contributed by atoms with Crippen LogP contribution in [0.2, 0.25) is 0 Å². The minimum atomic E-state index is 0.0815. The lowest BCUT2D eigenvalue weighted by molar-refractivity contribution is 0.348. The van der Waals surface area contributed by atoms with Crippen molar-refractivity contribution in [3.63, 3.8) is 0 Å². The van der Waals surface area contributed by atoms with Crippen LogP contribution < -0.4 is 9.64 Å². The van der Waals surface area contributed by atoms with Gasteiger partial charge in [0.2, 0.25) is 5.88 Å². The van der Waals surface area contributed by atoms with Crippen LogP contribution in [0.3, 0.4) is 0 Å². The van der Waals surface area contributed by atoms with Crippen LogP contribution >= 0.6 is 15.9 Å². The van der Waals surface area contributed by atoms with Gasteiger partial charge in [0, 0.05) is 36.2 Å². The molecule has 152 valence electrons. The average Bonchev–Trinajstić information content (AvgIpc) is 3.04. The molecule has 0 saturated heterocycles. The van der Waals surface area contributed by atoms with E-state index < -0.39 is 0 Å². The third kappa shape index (κ3) is 5.14. The van der Waals surface area contributed by atoms with Crippen LogP contribution in [0.1, 0.15) is 19.4 Å². The van der Waals surface area contributed by atoms with E-state index in [1.807, 2.05) is 31.2 Å². The molecule has 3 aromatic rings. The average molecular weight is 458 g/mol. The number of halogens is 1. The first-order valence-electron chi connectivity index (χ1n) is 9.25. The standard InChI is InChI=1S/C21H24BrN5O2/c1-5-27(12-15-10-16(22)6-8-19(15)29-13-14(2)3)20-9-7-17(23-24-20)18-11-21(28)26(4)25-18/h6-11,28H,2,5,12-13H2,1,3-4H3. The first-order chi connectivity index (χ1) is 13.9. The number of aromatic hydroxyl groups is 1. The number of nitrogens with zero attached hydrogens (tertiary/aromatic N) is 5. The molecule has 0 radical (unpaired) electrons.